The highest BCUT2D eigenvalue weighted by Gasteiger charge is 2.39. The fourth-order valence-electron chi connectivity index (χ4n) is 6.90. The number of aromatic nitrogens is 1. The summed E-state index contributed by atoms with van der Waals surface area (Å²) in [5.74, 6) is 8.48. The van der Waals surface area contributed by atoms with Gasteiger partial charge in [0.2, 0.25) is 0 Å². The van der Waals surface area contributed by atoms with E-state index in [9.17, 15) is 10.2 Å². The summed E-state index contributed by atoms with van der Waals surface area (Å²) in [6.07, 6.45) is 16.0. The van der Waals surface area contributed by atoms with Crippen LogP contribution in [-0.4, -0.2) is 33.5 Å². The standard InChI is InChI=1S/C34H46N2O4/c1-24-9-12-26-20-33(35)36-22-27(26)23-39-30(15-18-34(24)16-5-6-17-34)21-28(37)13-10-25-11-14-31(38)32(19-25)40-29-7-3-2-4-8-29/h11,14,19-20,22,24,28-30,37-38H,2-8,10,13,15-18,21,23H2,1H3,(H2,35,36)/t24-,28+,30-/m0/s1. The number of fused-ring (bicyclic) bond motifs is 1. The minimum absolute atomic E-state index is 0.0480. The summed E-state index contributed by atoms with van der Waals surface area (Å²) in [5.41, 5.74) is 9.11. The Labute approximate surface area is 239 Å². The van der Waals surface area contributed by atoms with Crippen LogP contribution in [0.25, 0.3) is 0 Å². The number of nitrogen functional groups attached to an aromatic ring is 1. The first-order valence-electron chi connectivity index (χ1n) is 15.4. The Morgan fingerprint density at radius 1 is 1.10 bits per heavy atom. The topological polar surface area (TPSA) is 97.8 Å². The van der Waals surface area contributed by atoms with Crippen LogP contribution in [0.3, 0.4) is 0 Å². The van der Waals surface area contributed by atoms with Crippen LogP contribution in [0.4, 0.5) is 5.82 Å². The summed E-state index contributed by atoms with van der Waals surface area (Å²) in [7, 11) is 0. The molecule has 4 N–H and O–H groups in total. The van der Waals surface area contributed by atoms with Gasteiger partial charge >= 0.3 is 0 Å². The lowest BCUT2D eigenvalue weighted by atomic mass is 9.71. The van der Waals surface area contributed by atoms with Gasteiger partial charge in [0.05, 0.1) is 24.9 Å². The van der Waals surface area contributed by atoms with Gasteiger partial charge in [0.25, 0.3) is 0 Å². The smallest absolute Gasteiger partial charge is 0.161 e. The molecule has 1 aromatic carbocycles. The average Bonchev–Trinajstić information content (AvgIpc) is 3.44. The lowest BCUT2D eigenvalue weighted by Gasteiger charge is -2.34. The second kappa shape index (κ2) is 13.3. The second-order valence-electron chi connectivity index (χ2n) is 12.4. The SMILES string of the molecule is C[C@H]1C#Cc2cc(N)ncc2CO[C@H](C[C@H](O)CCc2ccc(O)c(OC3CCCCC3)c2)CCC12CCCC2. The lowest BCUT2D eigenvalue weighted by Crippen LogP contribution is -2.28. The Kier molecular flexibility index (Phi) is 9.55. The Morgan fingerprint density at radius 2 is 1.90 bits per heavy atom. The summed E-state index contributed by atoms with van der Waals surface area (Å²) < 4.78 is 12.6. The highest BCUT2D eigenvalue weighted by molar-refractivity contribution is 5.47. The van der Waals surface area contributed by atoms with Crippen molar-refractivity contribution in [1.82, 2.24) is 4.98 Å². The quantitative estimate of drug-likeness (QED) is 0.335. The predicted molar refractivity (Wildman–Crippen MR) is 158 cm³/mol. The van der Waals surface area contributed by atoms with E-state index in [2.05, 4.69) is 23.7 Å². The van der Waals surface area contributed by atoms with Gasteiger partial charge in [-0.15, -0.1) is 0 Å². The number of aryl methyl sites for hydroxylation is 1. The number of hydrogen-bond acceptors (Lipinski definition) is 6. The first-order chi connectivity index (χ1) is 19.4. The monoisotopic (exact) mass is 546 g/mol. The molecule has 1 spiro atoms. The van der Waals surface area contributed by atoms with E-state index in [0.29, 0.717) is 36.9 Å². The second-order valence-corrected chi connectivity index (χ2v) is 12.4. The molecule has 2 fully saturated rings. The molecule has 2 aliphatic carbocycles. The van der Waals surface area contributed by atoms with Crippen LogP contribution in [0, 0.1) is 23.2 Å². The van der Waals surface area contributed by atoms with Crippen molar-refractivity contribution in [2.24, 2.45) is 11.3 Å². The summed E-state index contributed by atoms with van der Waals surface area (Å²) in [5, 5.41) is 21.5. The molecule has 6 nitrogen and oxygen atoms in total. The van der Waals surface area contributed by atoms with Crippen LogP contribution in [-0.2, 0) is 17.8 Å². The normalized spacial score (nSPS) is 23.9. The molecule has 5 rings (SSSR count). The number of nitrogens with two attached hydrogens (primary N) is 1. The van der Waals surface area contributed by atoms with E-state index in [1.165, 1.54) is 44.9 Å². The number of rotatable bonds is 7. The number of pyridine rings is 1. The molecule has 3 aliphatic rings. The Bertz CT molecular complexity index is 1190. The van der Waals surface area contributed by atoms with Gasteiger partial charge < -0.3 is 25.4 Å². The van der Waals surface area contributed by atoms with Gasteiger partial charge in [-0.25, -0.2) is 4.98 Å². The number of anilines is 1. The molecule has 0 unspecified atom stereocenters. The van der Waals surface area contributed by atoms with Crippen molar-refractivity contribution in [2.75, 3.05) is 5.73 Å². The molecule has 6 heteroatoms. The van der Waals surface area contributed by atoms with Crippen LogP contribution in [0.2, 0.25) is 0 Å². The summed E-state index contributed by atoms with van der Waals surface area (Å²) >= 11 is 0. The largest absolute Gasteiger partial charge is 0.504 e. The first-order valence-corrected chi connectivity index (χ1v) is 15.4. The van der Waals surface area contributed by atoms with Crippen molar-refractivity contribution in [3.05, 3.63) is 47.2 Å². The average molecular weight is 547 g/mol. The zero-order valence-corrected chi connectivity index (χ0v) is 24.0. The number of phenols is 1. The van der Waals surface area contributed by atoms with Crippen LogP contribution in [0.5, 0.6) is 11.5 Å². The number of aromatic hydroxyl groups is 1. The third kappa shape index (κ3) is 7.30. The maximum absolute atomic E-state index is 11.1. The third-order valence-corrected chi connectivity index (χ3v) is 9.56. The van der Waals surface area contributed by atoms with E-state index in [0.717, 1.165) is 48.8 Å². The van der Waals surface area contributed by atoms with Crippen LogP contribution in [0.1, 0.15) is 107 Å². The molecule has 0 bridgehead atoms. The fourth-order valence-corrected chi connectivity index (χ4v) is 6.90. The van der Waals surface area contributed by atoms with Gasteiger partial charge in [-0.1, -0.05) is 44.1 Å². The number of aliphatic hydroxyl groups excluding tert-OH is 1. The minimum atomic E-state index is -0.483. The zero-order chi connectivity index (χ0) is 28.0. The molecule has 2 aromatic rings. The molecule has 1 aliphatic heterocycles. The van der Waals surface area contributed by atoms with Crippen molar-refractivity contribution in [3.63, 3.8) is 0 Å². The van der Waals surface area contributed by atoms with E-state index in [1.807, 2.05) is 18.2 Å². The molecule has 0 amide bonds. The fraction of sp³-hybridized carbons (Fsp3) is 0.618. The van der Waals surface area contributed by atoms with Crippen molar-refractivity contribution >= 4 is 5.82 Å². The van der Waals surface area contributed by atoms with Gasteiger partial charge in [0.15, 0.2) is 11.5 Å². The number of phenolic OH excluding ortho intramolecular Hbond substituents is 1. The van der Waals surface area contributed by atoms with Crippen molar-refractivity contribution in [2.45, 2.75) is 122 Å². The van der Waals surface area contributed by atoms with Crippen molar-refractivity contribution in [1.29, 1.82) is 0 Å². The van der Waals surface area contributed by atoms with E-state index < -0.39 is 6.10 Å². The first kappa shape index (κ1) is 28.8. The molecule has 2 saturated carbocycles. The zero-order valence-electron chi connectivity index (χ0n) is 24.0. The summed E-state index contributed by atoms with van der Waals surface area (Å²) in [6, 6.07) is 7.45. The van der Waals surface area contributed by atoms with Crippen molar-refractivity contribution < 1.29 is 19.7 Å². The van der Waals surface area contributed by atoms with Gasteiger partial charge in [0, 0.05) is 23.2 Å². The molecule has 3 atom stereocenters. The van der Waals surface area contributed by atoms with Gasteiger partial charge in [0.1, 0.15) is 5.82 Å². The van der Waals surface area contributed by atoms with E-state index >= 15 is 0 Å². The molecule has 2 heterocycles. The van der Waals surface area contributed by atoms with Gasteiger partial charge in [-0.3, -0.25) is 0 Å². The predicted octanol–water partition coefficient (Wildman–Crippen LogP) is 6.69. The Hall–Kier alpha value is -2.75. The van der Waals surface area contributed by atoms with E-state index in [4.69, 9.17) is 15.2 Å². The van der Waals surface area contributed by atoms with E-state index in [1.54, 1.807) is 12.3 Å². The van der Waals surface area contributed by atoms with E-state index in [-0.39, 0.29) is 23.4 Å². The Balaban J connectivity index is 1.23. The third-order valence-electron chi connectivity index (χ3n) is 9.56. The minimum Gasteiger partial charge on any atom is -0.504 e. The number of ether oxygens (including phenoxy) is 2. The molecule has 216 valence electrons. The molecule has 0 radical (unpaired) electrons. The van der Waals surface area contributed by atoms with Crippen LogP contribution >= 0.6 is 0 Å². The van der Waals surface area contributed by atoms with Crippen LogP contribution < -0.4 is 10.5 Å². The maximum Gasteiger partial charge on any atom is 0.161 e. The number of benzene rings is 1. The highest BCUT2D eigenvalue weighted by Crippen LogP contribution is 2.48. The molecule has 40 heavy (non-hydrogen) atoms. The van der Waals surface area contributed by atoms with Gasteiger partial charge in [-0.05, 0) is 99.8 Å². The molecular weight excluding hydrogens is 500 g/mol. The highest BCUT2D eigenvalue weighted by atomic mass is 16.5. The Morgan fingerprint density at radius 3 is 2.70 bits per heavy atom. The molecule has 0 saturated heterocycles. The lowest BCUT2D eigenvalue weighted by molar-refractivity contribution is -0.0113. The molecule has 1 aromatic heterocycles. The van der Waals surface area contributed by atoms with Gasteiger partial charge in [-0.2, -0.15) is 0 Å². The van der Waals surface area contributed by atoms with Crippen LogP contribution in [0.15, 0.2) is 30.5 Å². The maximum atomic E-state index is 11.1. The number of hydrogen-bond donors (Lipinski definition) is 3. The number of aliphatic hydroxyl groups is 1. The summed E-state index contributed by atoms with van der Waals surface area (Å²) in [6.45, 7) is 2.69. The summed E-state index contributed by atoms with van der Waals surface area (Å²) in [4.78, 5) is 4.28. The van der Waals surface area contributed by atoms with Crippen molar-refractivity contribution in [3.8, 4) is 23.3 Å². The molecular formula is C34H46N2O4. The number of nitrogens with zero attached hydrogens (tertiary/aromatic N) is 1.